The van der Waals surface area contributed by atoms with Crippen molar-refractivity contribution < 1.29 is 32.2 Å². The minimum atomic E-state index is -4.07. The van der Waals surface area contributed by atoms with Gasteiger partial charge in [0.2, 0.25) is 0 Å². The second-order valence-corrected chi connectivity index (χ2v) is 9.33. The number of carbonyl (C=O) groups is 1. The Balaban J connectivity index is 2.19. The summed E-state index contributed by atoms with van der Waals surface area (Å²) in [6.45, 7) is 5.99. The summed E-state index contributed by atoms with van der Waals surface area (Å²) < 4.78 is 47.9. The maximum Gasteiger partial charge on any atom is 0.421 e. The third kappa shape index (κ3) is 9.40. The van der Waals surface area contributed by atoms with Gasteiger partial charge in [0, 0.05) is 18.7 Å². The number of nitrogens with one attached hydrogen (secondary N) is 1. The minimum absolute atomic E-state index is 0.284. The third-order valence-corrected chi connectivity index (χ3v) is 4.78. The summed E-state index contributed by atoms with van der Waals surface area (Å²) >= 11 is 0. The largest absolute Gasteiger partial charge is 0.491 e. The second kappa shape index (κ2) is 11.5. The van der Waals surface area contributed by atoms with E-state index in [1.165, 1.54) is 6.08 Å². The van der Waals surface area contributed by atoms with Crippen molar-refractivity contribution in [3.05, 3.63) is 65.1 Å². The van der Waals surface area contributed by atoms with Crippen molar-refractivity contribution in [2.24, 2.45) is 0 Å². The molecule has 0 fully saturated rings. The van der Waals surface area contributed by atoms with E-state index < -0.39 is 21.7 Å². The van der Waals surface area contributed by atoms with Gasteiger partial charge in [-0.25, -0.2) is 17.9 Å². The number of sulfonamides is 1. The van der Waals surface area contributed by atoms with Gasteiger partial charge in [0.1, 0.15) is 30.3 Å². The lowest BCUT2D eigenvalue weighted by Crippen LogP contribution is -2.35. The molecule has 1 amide bonds. The molecule has 0 aliphatic heterocycles. The van der Waals surface area contributed by atoms with Gasteiger partial charge in [-0.1, -0.05) is 30.3 Å². The van der Waals surface area contributed by atoms with Crippen LogP contribution in [0.5, 0.6) is 11.5 Å². The fourth-order valence-electron chi connectivity index (χ4n) is 2.46. The van der Waals surface area contributed by atoms with E-state index >= 15 is 0 Å². The first-order chi connectivity index (χ1) is 15.1. The molecule has 0 aliphatic carbocycles. The molecule has 0 heterocycles. The van der Waals surface area contributed by atoms with Crippen molar-refractivity contribution in [3.8, 4) is 11.5 Å². The Morgan fingerprint density at radius 1 is 1.03 bits per heavy atom. The van der Waals surface area contributed by atoms with Crippen molar-refractivity contribution in [1.82, 2.24) is 4.72 Å². The molecule has 0 aromatic heterocycles. The lowest BCUT2D eigenvalue weighted by atomic mass is 10.2. The molecule has 0 saturated carbocycles. The molecule has 8 nitrogen and oxygen atoms in total. The molecule has 2 rings (SSSR count). The Hall–Kier alpha value is -3.04. The highest BCUT2D eigenvalue weighted by Crippen LogP contribution is 2.27. The molecule has 9 heteroatoms. The Kier molecular flexibility index (Phi) is 9.10. The first kappa shape index (κ1) is 25.2. The first-order valence-electron chi connectivity index (χ1n) is 9.94. The van der Waals surface area contributed by atoms with E-state index in [0.717, 1.165) is 11.0 Å². The van der Waals surface area contributed by atoms with Crippen LogP contribution in [0.4, 0.5) is 4.79 Å². The van der Waals surface area contributed by atoms with Gasteiger partial charge in [-0.05, 0) is 44.5 Å². The molecule has 2 aromatic rings. The second-order valence-electron chi connectivity index (χ2n) is 7.77. The van der Waals surface area contributed by atoms with Gasteiger partial charge in [-0.2, -0.15) is 0 Å². The predicted molar refractivity (Wildman–Crippen MR) is 122 cm³/mol. The van der Waals surface area contributed by atoms with Crippen LogP contribution in [-0.2, 0) is 26.1 Å². The van der Waals surface area contributed by atoms with Crippen LogP contribution in [0.1, 0.15) is 31.9 Å². The van der Waals surface area contributed by atoms with Crippen LogP contribution in [0, 0.1) is 0 Å². The van der Waals surface area contributed by atoms with E-state index in [1.54, 1.807) is 46.1 Å². The zero-order valence-electron chi connectivity index (χ0n) is 18.7. The summed E-state index contributed by atoms with van der Waals surface area (Å²) in [7, 11) is -2.49. The standard InChI is InChI=1S/C23H29NO7S/c1-23(2,3)31-22(25)24-32(26,27)15-12-19-10-11-20(29-14-13-28-4)16-21(19)30-17-18-8-6-5-7-9-18/h5-12,15-16H,13-14,17H2,1-4H3,(H,24,25)/b15-12+. The topological polar surface area (TPSA) is 100 Å². The number of amides is 1. The summed E-state index contributed by atoms with van der Waals surface area (Å²) in [4.78, 5) is 11.8. The summed E-state index contributed by atoms with van der Waals surface area (Å²) in [6, 6.07) is 14.6. The van der Waals surface area contributed by atoms with Crippen LogP contribution in [0.15, 0.2) is 53.9 Å². The summed E-state index contributed by atoms with van der Waals surface area (Å²) in [5, 5.41) is 0.882. The highest BCUT2D eigenvalue weighted by Gasteiger charge is 2.20. The van der Waals surface area contributed by atoms with Crippen LogP contribution in [0.3, 0.4) is 0 Å². The molecular weight excluding hydrogens is 434 g/mol. The Morgan fingerprint density at radius 3 is 2.41 bits per heavy atom. The number of methoxy groups -OCH3 is 1. The predicted octanol–water partition coefficient (Wildman–Crippen LogP) is 4.12. The van der Waals surface area contributed by atoms with Gasteiger partial charge in [-0.15, -0.1) is 0 Å². The quantitative estimate of drug-likeness (QED) is 0.529. The Morgan fingerprint density at radius 2 is 1.75 bits per heavy atom. The van der Waals surface area contributed by atoms with Gasteiger partial charge < -0.3 is 18.9 Å². The van der Waals surface area contributed by atoms with Crippen LogP contribution >= 0.6 is 0 Å². The zero-order valence-corrected chi connectivity index (χ0v) is 19.5. The zero-order chi connectivity index (χ0) is 23.6. The number of hydrogen-bond donors (Lipinski definition) is 1. The normalized spacial score (nSPS) is 11.9. The van der Waals surface area contributed by atoms with E-state index in [2.05, 4.69) is 0 Å². The lowest BCUT2D eigenvalue weighted by Gasteiger charge is -2.19. The molecule has 32 heavy (non-hydrogen) atoms. The third-order valence-electron chi connectivity index (χ3n) is 3.83. The van der Waals surface area contributed by atoms with Crippen molar-refractivity contribution in [2.45, 2.75) is 33.0 Å². The van der Waals surface area contributed by atoms with Crippen molar-refractivity contribution in [3.63, 3.8) is 0 Å². The first-order valence-corrected chi connectivity index (χ1v) is 11.5. The lowest BCUT2D eigenvalue weighted by molar-refractivity contribution is 0.0571. The average molecular weight is 464 g/mol. The maximum absolute atomic E-state index is 12.3. The molecule has 0 spiro atoms. The maximum atomic E-state index is 12.3. The molecular formula is C23H29NO7S. The van der Waals surface area contributed by atoms with Crippen molar-refractivity contribution in [1.29, 1.82) is 0 Å². The van der Waals surface area contributed by atoms with E-state index in [1.807, 2.05) is 35.1 Å². The van der Waals surface area contributed by atoms with Crippen LogP contribution < -0.4 is 14.2 Å². The molecule has 0 radical (unpaired) electrons. The van der Waals surface area contributed by atoms with E-state index in [-0.39, 0.29) is 6.61 Å². The fraction of sp³-hybridized carbons (Fsp3) is 0.348. The molecule has 2 aromatic carbocycles. The van der Waals surface area contributed by atoms with Gasteiger partial charge in [0.15, 0.2) is 0 Å². The summed E-state index contributed by atoms with van der Waals surface area (Å²) in [5.41, 5.74) is 0.627. The molecule has 0 atom stereocenters. The number of carbonyl (C=O) groups excluding carboxylic acids is 1. The van der Waals surface area contributed by atoms with E-state index in [4.69, 9.17) is 18.9 Å². The van der Waals surface area contributed by atoms with Crippen molar-refractivity contribution >= 4 is 22.2 Å². The van der Waals surface area contributed by atoms with Crippen LogP contribution in [0.25, 0.3) is 6.08 Å². The monoisotopic (exact) mass is 463 g/mol. The molecule has 174 valence electrons. The van der Waals surface area contributed by atoms with E-state index in [9.17, 15) is 13.2 Å². The molecule has 0 aliphatic rings. The highest BCUT2D eigenvalue weighted by molar-refractivity contribution is 7.93. The van der Waals surface area contributed by atoms with Gasteiger partial charge >= 0.3 is 6.09 Å². The van der Waals surface area contributed by atoms with Gasteiger partial charge in [0.05, 0.1) is 12.0 Å². The number of ether oxygens (including phenoxy) is 4. The molecule has 1 N–H and O–H groups in total. The molecule has 0 bridgehead atoms. The number of benzene rings is 2. The van der Waals surface area contributed by atoms with E-state index in [0.29, 0.717) is 30.3 Å². The van der Waals surface area contributed by atoms with Gasteiger partial charge in [0.25, 0.3) is 10.0 Å². The van der Waals surface area contributed by atoms with Crippen molar-refractivity contribution in [2.75, 3.05) is 20.3 Å². The SMILES string of the molecule is COCCOc1ccc(/C=C/S(=O)(=O)NC(=O)OC(C)(C)C)c(OCc2ccccc2)c1. The summed E-state index contributed by atoms with van der Waals surface area (Å²) in [5.74, 6) is 0.976. The number of rotatable bonds is 10. The minimum Gasteiger partial charge on any atom is -0.491 e. The summed E-state index contributed by atoms with van der Waals surface area (Å²) in [6.07, 6.45) is 0.288. The average Bonchev–Trinajstić information content (AvgIpc) is 2.70. The molecule has 0 saturated heterocycles. The fourth-order valence-corrected chi connectivity index (χ4v) is 3.13. The van der Waals surface area contributed by atoms with Crippen LogP contribution in [0.2, 0.25) is 0 Å². The van der Waals surface area contributed by atoms with Crippen LogP contribution in [-0.4, -0.2) is 40.4 Å². The number of hydrogen-bond acceptors (Lipinski definition) is 7. The Labute approximate surface area is 189 Å². The molecule has 0 unspecified atom stereocenters. The highest BCUT2D eigenvalue weighted by atomic mass is 32.2. The Bertz CT molecular complexity index is 1010. The smallest absolute Gasteiger partial charge is 0.421 e. The van der Waals surface area contributed by atoms with Gasteiger partial charge in [-0.3, -0.25) is 0 Å².